The lowest BCUT2D eigenvalue weighted by Crippen LogP contribution is -1.97. The van der Waals surface area contributed by atoms with Crippen molar-refractivity contribution in [1.29, 1.82) is 5.26 Å². The van der Waals surface area contributed by atoms with Crippen LogP contribution in [0.1, 0.15) is 11.3 Å². The third kappa shape index (κ3) is 1.58. The summed E-state index contributed by atoms with van der Waals surface area (Å²) >= 11 is 0. The average Bonchev–Trinajstić information content (AvgIpc) is 2.59. The Morgan fingerprint density at radius 1 is 1.60 bits per heavy atom. The highest BCUT2D eigenvalue weighted by Gasteiger charge is 2.06. The Morgan fingerprint density at radius 2 is 2.40 bits per heavy atom. The van der Waals surface area contributed by atoms with Crippen molar-refractivity contribution in [1.82, 2.24) is 10.2 Å². The number of fused-ring (bicyclic) bond motifs is 1. The summed E-state index contributed by atoms with van der Waals surface area (Å²) in [6, 6.07) is 6.82. The number of aromatic nitrogens is 2. The van der Waals surface area contributed by atoms with E-state index >= 15 is 0 Å². The predicted octanol–water partition coefficient (Wildman–Crippen LogP) is 0.753. The second-order valence-electron chi connectivity index (χ2n) is 2.92. The fourth-order valence-electron chi connectivity index (χ4n) is 1.32. The van der Waals surface area contributed by atoms with Gasteiger partial charge in [0, 0.05) is 15.9 Å². The lowest BCUT2D eigenvalue weighted by molar-refractivity contribution is -0.722. The molecule has 0 atom stereocenters. The van der Waals surface area contributed by atoms with E-state index in [-0.39, 0.29) is 10.6 Å². The van der Waals surface area contributed by atoms with Crippen molar-refractivity contribution < 1.29 is 10.1 Å². The minimum atomic E-state index is -0.284. The number of hydrogen-bond donors (Lipinski definition) is 2. The molecule has 2 aromatic rings. The van der Waals surface area contributed by atoms with Crippen LogP contribution in [0.3, 0.4) is 0 Å². The Balaban J connectivity index is 2.64. The summed E-state index contributed by atoms with van der Waals surface area (Å²) in [6.45, 7) is 0. The molecule has 1 aromatic carbocycles. The minimum absolute atomic E-state index is 0.260. The van der Waals surface area contributed by atoms with Crippen LogP contribution in [0.5, 0.6) is 0 Å². The molecule has 0 amide bonds. The highest BCUT2D eigenvalue weighted by molar-refractivity contribution is 5.89. The first-order valence-electron chi connectivity index (χ1n) is 4.09. The first-order valence-corrected chi connectivity index (χ1v) is 4.09. The summed E-state index contributed by atoms with van der Waals surface area (Å²) in [5.74, 6) is 0. The number of H-pyrrole nitrogens is 1. The largest absolute Gasteiger partial charge is 0.418 e. The molecular formula is C9H6N4O2. The maximum absolute atomic E-state index is 10.4. The Kier molecular flexibility index (Phi) is 1.99. The molecule has 0 aliphatic rings. The average molecular weight is 202 g/mol. The molecule has 6 heteroatoms. The SMILES string of the molecule is N#Cc1n[nH]c2ccc(/C=[N+](/[O-])O)cc12. The van der Waals surface area contributed by atoms with Crippen molar-refractivity contribution in [2.24, 2.45) is 0 Å². The Bertz CT molecular complexity index is 575. The van der Waals surface area contributed by atoms with Gasteiger partial charge >= 0.3 is 0 Å². The van der Waals surface area contributed by atoms with Gasteiger partial charge in [0.1, 0.15) is 6.07 Å². The van der Waals surface area contributed by atoms with Crippen LogP contribution in [-0.4, -0.2) is 26.5 Å². The monoisotopic (exact) mass is 202 g/mol. The molecule has 15 heavy (non-hydrogen) atoms. The summed E-state index contributed by atoms with van der Waals surface area (Å²) in [5.41, 5.74) is 1.47. The Hall–Kier alpha value is -2.55. The minimum Gasteiger partial charge on any atom is -0.418 e. The summed E-state index contributed by atoms with van der Waals surface area (Å²) in [4.78, 5) is -0.284. The van der Waals surface area contributed by atoms with Gasteiger partial charge in [-0.25, -0.2) is 0 Å². The zero-order chi connectivity index (χ0) is 10.8. The van der Waals surface area contributed by atoms with Gasteiger partial charge in [-0.15, -0.1) is 0 Å². The second kappa shape index (κ2) is 3.31. The van der Waals surface area contributed by atoms with Crippen LogP contribution >= 0.6 is 0 Å². The molecule has 74 valence electrons. The molecule has 0 aliphatic carbocycles. The fourth-order valence-corrected chi connectivity index (χ4v) is 1.32. The zero-order valence-corrected chi connectivity index (χ0v) is 7.51. The van der Waals surface area contributed by atoms with Crippen LogP contribution in [0.4, 0.5) is 0 Å². The fraction of sp³-hybridized carbons (Fsp3) is 0. The van der Waals surface area contributed by atoms with E-state index in [9.17, 15) is 5.21 Å². The first-order chi connectivity index (χ1) is 7.20. The van der Waals surface area contributed by atoms with Crippen molar-refractivity contribution >= 4 is 17.1 Å². The zero-order valence-electron chi connectivity index (χ0n) is 7.51. The van der Waals surface area contributed by atoms with Gasteiger partial charge in [0.25, 0.3) is 0 Å². The van der Waals surface area contributed by atoms with E-state index in [2.05, 4.69) is 10.2 Å². The molecule has 0 spiro atoms. The lowest BCUT2D eigenvalue weighted by Gasteiger charge is -1.91. The molecule has 0 bridgehead atoms. The van der Waals surface area contributed by atoms with Crippen LogP contribution < -0.4 is 0 Å². The molecule has 1 heterocycles. The number of aromatic amines is 1. The molecule has 0 saturated heterocycles. The van der Waals surface area contributed by atoms with Crippen molar-refractivity contribution in [2.75, 3.05) is 0 Å². The van der Waals surface area contributed by atoms with Gasteiger partial charge in [0.05, 0.1) is 5.52 Å². The van der Waals surface area contributed by atoms with E-state index in [0.29, 0.717) is 16.5 Å². The highest BCUT2D eigenvalue weighted by Crippen LogP contribution is 2.15. The van der Waals surface area contributed by atoms with Gasteiger partial charge in [-0.1, -0.05) is 0 Å². The van der Waals surface area contributed by atoms with Crippen LogP contribution in [0.15, 0.2) is 18.2 Å². The summed E-state index contributed by atoms with van der Waals surface area (Å²) in [6.07, 6.45) is 0.994. The van der Waals surface area contributed by atoms with Crippen molar-refractivity contribution in [3.05, 3.63) is 34.7 Å². The van der Waals surface area contributed by atoms with Crippen molar-refractivity contribution in [2.45, 2.75) is 0 Å². The van der Waals surface area contributed by atoms with Gasteiger partial charge in [-0.05, 0) is 18.2 Å². The Labute approximate surface area is 84.2 Å². The van der Waals surface area contributed by atoms with Gasteiger partial charge < -0.3 is 5.21 Å². The van der Waals surface area contributed by atoms with Gasteiger partial charge in [0.2, 0.25) is 6.21 Å². The molecule has 0 unspecified atom stereocenters. The molecule has 1 aromatic heterocycles. The first kappa shape index (κ1) is 9.02. The van der Waals surface area contributed by atoms with Gasteiger partial charge in [0.15, 0.2) is 5.69 Å². The predicted molar refractivity (Wildman–Crippen MR) is 51.4 cm³/mol. The molecule has 0 radical (unpaired) electrons. The van der Waals surface area contributed by atoms with E-state index in [0.717, 1.165) is 6.21 Å². The number of nitrogens with zero attached hydrogens (tertiary/aromatic N) is 3. The second-order valence-corrected chi connectivity index (χ2v) is 2.92. The van der Waals surface area contributed by atoms with Crippen LogP contribution in [0.25, 0.3) is 10.9 Å². The number of nitriles is 1. The normalized spacial score (nSPS) is 11.5. The van der Waals surface area contributed by atoms with Gasteiger partial charge in [-0.3, -0.25) is 10.3 Å². The van der Waals surface area contributed by atoms with E-state index < -0.39 is 0 Å². The topological polar surface area (TPSA) is 98.8 Å². The molecule has 0 saturated carbocycles. The van der Waals surface area contributed by atoms with E-state index in [4.69, 9.17) is 10.5 Å². The maximum Gasteiger partial charge on any atom is 0.240 e. The number of rotatable bonds is 1. The smallest absolute Gasteiger partial charge is 0.240 e. The lowest BCUT2D eigenvalue weighted by atomic mass is 10.1. The molecule has 0 aliphatic heterocycles. The van der Waals surface area contributed by atoms with Gasteiger partial charge in [-0.2, -0.15) is 10.4 Å². The third-order valence-corrected chi connectivity index (χ3v) is 1.95. The summed E-state index contributed by atoms with van der Waals surface area (Å²) in [5, 5.41) is 34.7. The van der Waals surface area contributed by atoms with E-state index in [1.165, 1.54) is 0 Å². The third-order valence-electron chi connectivity index (χ3n) is 1.95. The van der Waals surface area contributed by atoms with E-state index in [1.807, 2.05) is 6.07 Å². The van der Waals surface area contributed by atoms with E-state index in [1.54, 1.807) is 18.2 Å². The highest BCUT2D eigenvalue weighted by atomic mass is 16.8. The van der Waals surface area contributed by atoms with Crippen molar-refractivity contribution in [3.63, 3.8) is 0 Å². The maximum atomic E-state index is 10.4. The van der Waals surface area contributed by atoms with Crippen LogP contribution in [0, 0.1) is 16.5 Å². The summed E-state index contributed by atoms with van der Waals surface area (Å²) < 4.78 is 0. The number of benzene rings is 1. The molecule has 2 rings (SSSR count). The molecule has 2 N–H and O–H groups in total. The molecular weight excluding hydrogens is 196 g/mol. The molecule has 0 fully saturated rings. The van der Waals surface area contributed by atoms with Crippen molar-refractivity contribution in [3.8, 4) is 6.07 Å². The summed E-state index contributed by atoms with van der Waals surface area (Å²) in [7, 11) is 0. The number of nitrogens with one attached hydrogen (secondary N) is 1. The Morgan fingerprint density at radius 3 is 3.07 bits per heavy atom. The van der Waals surface area contributed by atoms with Crippen LogP contribution in [0.2, 0.25) is 0 Å². The quantitative estimate of drug-likeness (QED) is 0.308. The number of hydrogen-bond acceptors (Lipinski definition) is 4. The molecule has 6 nitrogen and oxygen atoms in total. The van der Waals surface area contributed by atoms with Crippen LogP contribution in [-0.2, 0) is 0 Å². The standard InChI is InChI=1S/C9H6N4O2/c10-4-9-7-3-6(5-13(14)15)1-2-8(7)11-12-9/h1-3,5H,(H,11,12)(H,14,15).